The second-order valence-electron chi connectivity index (χ2n) is 5.09. The Morgan fingerprint density at radius 1 is 1.50 bits per heavy atom. The first kappa shape index (κ1) is 15.0. The van der Waals surface area contributed by atoms with Gasteiger partial charge in [-0.2, -0.15) is 5.26 Å². The van der Waals surface area contributed by atoms with Crippen LogP contribution >= 0.6 is 11.8 Å². The molecule has 110 valence electrons. The van der Waals surface area contributed by atoms with Crippen LogP contribution < -0.4 is 0 Å². The molecule has 7 heteroatoms. The number of hydrogen-bond donors (Lipinski definition) is 1. The van der Waals surface area contributed by atoms with E-state index in [1.54, 1.807) is 16.7 Å². The molecule has 0 aromatic carbocycles. The van der Waals surface area contributed by atoms with Crippen molar-refractivity contribution in [3.8, 4) is 6.07 Å². The minimum absolute atomic E-state index is 0.0141. The molecule has 0 spiro atoms. The minimum Gasteiger partial charge on any atom is -0.480 e. The molecule has 2 aliphatic rings. The van der Waals surface area contributed by atoms with Gasteiger partial charge >= 0.3 is 12.0 Å². The van der Waals surface area contributed by atoms with E-state index in [1.807, 2.05) is 13.0 Å². The number of carboxylic acid groups (broad SMARTS) is 1. The minimum atomic E-state index is -0.940. The number of carboxylic acids is 1. The maximum absolute atomic E-state index is 12.6. The van der Waals surface area contributed by atoms with Crippen LogP contribution in [0.25, 0.3) is 0 Å². The monoisotopic (exact) mass is 297 g/mol. The fourth-order valence-corrected chi connectivity index (χ4v) is 4.07. The summed E-state index contributed by atoms with van der Waals surface area (Å²) < 4.78 is 0. The first-order valence-electron chi connectivity index (χ1n) is 6.88. The summed E-state index contributed by atoms with van der Waals surface area (Å²) in [5.41, 5.74) is 0. The zero-order valence-electron chi connectivity index (χ0n) is 11.5. The van der Waals surface area contributed by atoms with Gasteiger partial charge in [0.25, 0.3) is 0 Å². The highest BCUT2D eigenvalue weighted by Crippen LogP contribution is 2.45. The second kappa shape index (κ2) is 6.35. The maximum atomic E-state index is 12.6. The average Bonchev–Trinajstić information content (AvgIpc) is 3.17. The normalized spacial score (nSPS) is 25.3. The number of nitriles is 1. The van der Waals surface area contributed by atoms with Crippen LogP contribution in [0.15, 0.2) is 0 Å². The van der Waals surface area contributed by atoms with Gasteiger partial charge in [-0.15, -0.1) is 11.8 Å². The van der Waals surface area contributed by atoms with Crippen molar-refractivity contribution in [2.24, 2.45) is 5.92 Å². The summed E-state index contributed by atoms with van der Waals surface area (Å²) in [6, 6.07) is 1.04. The molecule has 2 fully saturated rings. The van der Waals surface area contributed by atoms with Gasteiger partial charge in [0.1, 0.15) is 6.04 Å². The topological polar surface area (TPSA) is 84.6 Å². The van der Waals surface area contributed by atoms with Crippen molar-refractivity contribution in [3.63, 3.8) is 0 Å². The molecular weight excluding hydrogens is 278 g/mol. The average molecular weight is 297 g/mol. The number of aliphatic carboxylic acids is 1. The van der Waals surface area contributed by atoms with Gasteiger partial charge in [0.15, 0.2) is 0 Å². The molecule has 6 nitrogen and oxygen atoms in total. The van der Waals surface area contributed by atoms with Gasteiger partial charge in [0.05, 0.1) is 17.9 Å². The van der Waals surface area contributed by atoms with Crippen LogP contribution in [0.1, 0.15) is 26.2 Å². The van der Waals surface area contributed by atoms with E-state index in [0.717, 1.165) is 12.8 Å². The summed E-state index contributed by atoms with van der Waals surface area (Å²) in [7, 11) is 0. The Kier molecular flexibility index (Phi) is 4.76. The van der Waals surface area contributed by atoms with Crippen molar-refractivity contribution in [1.29, 1.82) is 5.26 Å². The number of carbonyl (C=O) groups is 2. The molecule has 1 aliphatic carbocycles. The molecule has 1 N–H and O–H groups in total. The highest BCUT2D eigenvalue weighted by Gasteiger charge is 2.48. The first-order chi connectivity index (χ1) is 9.60. The maximum Gasteiger partial charge on any atom is 0.327 e. The van der Waals surface area contributed by atoms with E-state index in [2.05, 4.69) is 0 Å². The van der Waals surface area contributed by atoms with Crippen LogP contribution in [0.4, 0.5) is 4.79 Å². The molecule has 2 amide bonds. The molecule has 20 heavy (non-hydrogen) atoms. The van der Waals surface area contributed by atoms with Crippen molar-refractivity contribution in [2.75, 3.05) is 18.8 Å². The second-order valence-corrected chi connectivity index (χ2v) is 6.24. The fourth-order valence-electron chi connectivity index (χ4n) is 2.44. The number of amides is 2. The molecule has 0 radical (unpaired) electrons. The summed E-state index contributed by atoms with van der Waals surface area (Å²) >= 11 is 1.57. The number of carbonyl (C=O) groups excluding carboxylic acids is 1. The van der Waals surface area contributed by atoms with Crippen molar-refractivity contribution in [2.45, 2.75) is 37.6 Å². The Bertz CT molecular complexity index is 433. The Morgan fingerprint density at radius 3 is 2.70 bits per heavy atom. The first-order valence-corrected chi connectivity index (χ1v) is 7.93. The molecule has 1 saturated carbocycles. The van der Waals surface area contributed by atoms with E-state index in [-0.39, 0.29) is 17.8 Å². The lowest BCUT2D eigenvalue weighted by molar-refractivity contribution is -0.141. The van der Waals surface area contributed by atoms with E-state index < -0.39 is 12.0 Å². The largest absolute Gasteiger partial charge is 0.480 e. The van der Waals surface area contributed by atoms with Crippen LogP contribution in [0.5, 0.6) is 0 Å². The summed E-state index contributed by atoms with van der Waals surface area (Å²) in [6.45, 7) is 2.70. The van der Waals surface area contributed by atoms with Crippen LogP contribution in [0, 0.1) is 17.2 Å². The van der Waals surface area contributed by atoms with Gasteiger partial charge in [-0.25, -0.2) is 9.59 Å². The number of nitrogens with zero attached hydrogens (tertiary/aromatic N) is 3. The van der Waals surface area contributed by atoms with Crippen LogP contribution in [0.2, 0.25) is 0 Å². The van der Waals surface area contributed by atoms with Crippen LogP contribution in [0.3, 0.4) is 0 Å². The van der Waals surface area contributed by atoms with Gasteiger partial charge in [-0.05, 0) is 25.7 Å². The van der Waals surface area contributed by atoms with E-state index in [4.69, 9.17) is 5.26 Å². The SMILES string of the molecule is CCN(CCC#N)C(=O)N1C(C(=O)O)CSC1C1CC1. The van der Waals surface area contributed by atoms with Crippen molar-refractivity contribution in [3.05, 3.63) is 0 Å². The Labute approximate surface area is 122 Å². The predicted octanol–water partition coefficient (Wildman–Crippen LogP) is 1.58. The van der Waals surface area contributed by atoms with Crippen LogP contribution in [-0.2, 0) is 4.79 Å². The van der Waals surface area contributed by atoms with Crippen LogP contribution in [-0.4, -0.2) is 57.2 Å². The predicted molar refractivity (Wildman–Crippen MR) is 75.1 cm³/mol. The molecule has 1 heterocycles. The number of rotatable bonds is 5. The zero-order valence-corrected chi connectivity index (χ0v) is 12.3. The molecule has 0 aromatic rings. The molecule has 2 atom stereocenters. The van der Waals surface area contributed by atoms with Crippen molar-refractivity contribution in [1.82, 2.24) is 9.80 Å². The quantitative estimate of drug-likeness (QED) is 0.832. The third-order valence-electron chi connectivity index (χ3n) is 3.71. The van der Waals surface area contributed by atoms with E-state index in [9.17, 15) is 14.7 Å². The fraction of sp³-hybridized carbons (Fsp3) is 0.769. The van der Waals surface area contributed by atoms with E-state index in [0.29, 0.717) is 24.8 Å². The summed E-state index contributed by atoms with van der Waals surface area (Å²) in [5, 5.41) is 17.9. The lowest BCUT2D eigenvalue weighted by atomic mass is 10.2. The highest BCUT2D eigenvalue weighted by atomic mass is 32.2. The molecule has 1 saturated heterocycles. The summed E-state index contributed by atoms with van der Waals surface area (Å²) in [4.78, 5) is 27.1. The van der Waals surface area contributed by atoms with E-state index >= 15 is 0 Å². The standard InChI is InChI=1S/C13H19N3O3S/c1-2-15(7-3-6-14)13(19)16-10(12(17)18)8-20-11(16)9-4-5-9/h9-11H,2-5,7-8H2,1H3,(H,17,18). The molecular formula is C13H19N3O3S. The van der Waals surface area contributed by atoms with Gasteiger partial charge < -0.3 is 10.0 Å². The van der Waals surface area contributed by atoms with E-state index in [1.165, 1.54) is 4.90 Å². The lowest BCUT2D eigenvalue weighted by Crippen LogP contribution is -2.52. The number of hydrogen-bond acceptors (Lipinski definition) is 4. The molecule has 1 aliphatic heterocycles. The zero-order chi connectivity index (χ0) is 14.7. The van der Waals surface area contributed by atoms with Gasteiger partial charge in [0.2, 0.25) is 0 Å². The Hall–Kier alpha value is -1.42. The highest BCUT2D eigenvalue weighted by molar-refractivity contribution is 8.00. The van der Waals surface area contributed by atoms with Crippen molar-refractivity contribution < 1.29 is 14.7 Å². The van der Waals surface area contributed by atoms with Crippen molar-refractivity contribution >= 4 is 23.8 Å². The Balaban J connectivity index is 2.13. The number of thioether (sulfide) groups is 1. The summed E-state index contributed by atoms with van der Waals surface area (Å²) in [5.74, 6) is -0.0498. The third kappa shape index (κ3) is 3.01. The molecule has 2 unspecified atom stereocenters. The molecule has 0 bridgehead atoms. The Morgan fingerprint density at radius 2 is 2.20 bits per heavy atom. The van der Waals surface area contributed by atoms with Gasteiger partial charge in [0, 0.05) is 18.8 Å². The van der Waals surface area contributed by atoms with Gasteiger partial charge in [-0.1, -0.05) is 0 Å². The summed E-state index contributed by atoms with van der Waals surface area (Å²) in [6.07, 6.45) is 2.41. The lowest BCUT2D eigenvalue weighted by Gasteiger charge is -2.32. The van der Waals surface area contributed by atoms with Gasteiger partial charge in [-0.3, -0.25) is 4.90 Å². The number of urea groups is 1. The smallest absolute Gasteiger partial charge is 0.327 e. The molecule has 2 rings (SSSR count). The third-order valence-corrected chi connectivity index (χ3v) is 5.17. The molecule has 0 aromatic heterocycles.